The molecule has 124 valence electrons. The van der Waals surface area contributed by atoms with Crippen LogP contribution in [0.3, 0.4) is 0 Å². The molecule has 4 heteroatoms. The summed E-state index contributed by atoms with van der Waals surface area (Å²) in [6.45, 7) is 8.08. The third-order valence-corrected chi connectivity index (χ3v) is 6.61. The Morgan fingerprint density at radius 3 is 2.59 bits per heavy atom. The lowest BCUT2D eigenvalue weighted by molar-refractivity contribution is -0.179. The standard InChI is InChI=1S/C18H28O4/c1-5-10(4)16(19)22-18(6-2,7-3)15-11-8-12-13(9-11)21-17(20)14(12)15/h10-15H,5-9H2,1-4H3. The fraction of sp³-hybridized carbons (Fsp3) is 0.889. The van der Waals surface area contributed by atoms with Gasteiger partial charge in [0.1, 0.15) is 11.7 Å². The zero-order valence-electron chi connectivity index (χ0n) is 14.1. The first-order valence-electron chi connectivity index (χ1n) is 8.90. The molecular weight excluding hydrogens is 280 g/mol. The van der Waals surface area contributed by atoms with Gasteiger partial charge in [-0.1, -0.05) is 27.7 Å². The van der Waals surface area contributed by atoms with Gasteiger partial charge in [0.2, 0.25) is 0 Å². The molecule has 22 heavy (non-hydrogen) atoms. The molecule has 0 aromatic rings. The first-order valence-corrected chi connectivity index (χ1v) is 8.90. The van der Waals surface area contributed by atoms with Crippen molar-refractivity contribution in [1.29, 1.82) is 0 Å². The number of fused-ring (bicyclic) bond motifs is 1. The van der Waals surface area contributed by atoms with Gasteiger partial charge < -0.3 is 9.47 Å². The molecule has 0 amide bonds. The van der Waals surface area contributed by atoms with E-state index in [1.54, 1.807) is 0 Å². The zero-order chi connectivity index (χ0) is 16.1. The number of hydrogen-bond acceptors (Lipinski definition) is 4. The summed E-state index contributed by atoms with van der Waals surface area (Å²) in [4.78, 5) is 24.7. The van der Waals surface area contributed by atoms with E-state index in [0.717, 1.165) is 32.1 Å². The molecule has 2 bridgehead atoms. The Labute approximate surface area is 132 Å². The van der Waals surface area contributed by atoms with E-state index in [2.05, 4.69) is 13.8 Å². The number of rotatable bonds is 6. The highest BCUT2D eigenvalue weighted by Crippen LogP contribution is 2.62. The van der Waals surface area contributed by atoms with Crippen molar-refractivity contribution in [3.05, 3.63) is 0 Å². The predicted molar refractivity (Wildman–Crippen MR) is 81.9 cm³/mol. The Bertz CT molecular complexity index is 466. The van der Waals surface area contributed by atoms with Gasteiger partial charge in [0.15, 0.2) is 0 Å². The monoisotopic (exact) mass is 308 g/mol. The van der Waals surface area contributed by atoms with E-state index in [-0.39, 0.29) is 35.8 Å². The zero-order valence-corrected chi connectivity index (χ0v) is 14.1. The minimum atomic E-state index is -0.501. The lowest BCUT2D eigenvalue weighted by Gasteiger charge is -2.43. The van der Waals surface area contributed by atoms with Crippen LogP contribution in [-0.4, -0.2) is 23.6 Å². The highest BCUT2D eigenvalue weighted by molar-refractivity contribution is 5.77. The van der Waals surface area contributed by atoms with Crippen LogP contribution in [-0.2, 0) is 19.1 Å². The summed E-state index contributed by atoms with van der Waals surface area (Å²) in [5.74, 6) is 0.681. The quantitative estimate of drug-likeness (QED) is 0.706. The summed E-state index contributed by atoms with van der Waals surface area (Å²) in [7, 11) is 0. The van der Waals surface area contributed by atoms with Gasteiger partial charge >= 0.3 is 11.9 Å². The van der Waals surface area contributed by atoms with Gasteiger partial charge in [0, 0.05) is 11.8 Å². The highest BCUT2D eigenvalue weighted by atomic mass is 16.6. The second-order valence-corrected chi connectivity index (χ2v) is 7.42. The third-order valence-electron chi connectivity index (χ3n) is 6.61. The van der Waals surface area contributed by atoms with Crippen LogP contribution in [0.15, 0.2) is 0 Å². The number of carbonyl (C=O) groups is 2. The molecule has 3 fully saturated rings. The van der Waals surface area contributed by atoms with Crippen LogP contribution in [0.1, 0.15) is 59.8 Å². The third kappa shape index (κ3) is 2.10. The van der Waals surface area contributed by atoms with Crippen molar-refractivity contribution in [3.63, 3.8) is 0 Å². The largest absolute Gasteiger partial charge is 0.462 e. The highest BCUT2D eigenvalue weighted by Gasteiger charge is 2.67. The van der Waals surface area contributed by atoms with Crippen molar-refractivity contribution < 1.29 is 19.1 Å². The second kappa shape index (κ2) is 5.54. The van der Waals surface area contributed by atoms with Crippen LogP contribution in [0.2, 0.25) is 0 Å². The van der Waals surface area contributed by atoms with Gasteiger partial charge in [-0.3, -0.25) is 9.59 Å². The Morgan fingerprint density at radius 2 is 2.00 bits per heavy atom. The summed E-state index contributed by atoms with van der Waals surface area (Å²) in [5, 5.41) is 0. The van der Waals surface area contributed by atoms with Crippen molar-refractivity contribution in [2.75, 3.05) is 0 Å². The van der Waals surface area contributed by atoms with Crippen LogP contribution < -0.4 is 0 Å². The molecule has 1 saturated heterocycles. The van der Waals surface area contributed by atoms with E-state index in [0.29, 0.717) is 11.8 Å². The normalized spacial score (nSPS) is 37.3. The van der Waals surface area contributed by atoms with Gasteiger partial charge in [0.05, 0.1) is 11.8 Å². The molecule has 1 heterocycles. The van der Waals surface area contributed by atoms with Crippen molar-refractivity contribution in [2.24, 2.45) is 29.6 Å². The maximum absolute atomic E-state index is 12.4. The molecule has 2 aliphatic carbocycles. The smallest absolute Gasteiger partial charge is 0.310 e. The molecule has 4 nitrogen and oxygen atoms in total. The first kappa shape index (κ1) is 15.8. The van der Waals surface area contributed by atoms with Gasteiger partial charge in [-0.15, -0.1) is 0 Å². The van der Waals surface area contributed by atoms with E-state index in [9.17, 15) is 9.59 Å². The van der Waals surface area contributed by atoms with Crippen molar-refractivity contribution in [1.82, 2.24) is 0 Å². The Balaban J connectivity index is 1.88. The average molecular weight is 308 g/mol. The van der Waals surface area contributed by atoms with E-state index in [1.807, 2.05) is 13.8 Å². The second-order valence-electron chi connectivity index (χ2n) is 7.42. The molecule has 3 aliphatic rings. The van der Waals surface area contributed by atoms with Crippen molar-refractivity contribution >= 4 is 11.9 Å². The van der Waals surface area contributed by atoms with Crippen molar-refractivity contribution in [2.45, 2.75) is 71.5 Å². The number of carbonyl (C=O) groups excluding carboxylic acids is 2. The molecule has 6 unspecified atom stereocenters. The summed E-state index contributed by atoms with van der Waals surface area (Å²) >= 11 is 0. The van der Waals surface area contributed by atoms with E-state index >= 15 is 0 Å². The van der Waals surface area contributed by atoms with Crippen LogP contribution in [0.4, 0.5) is 0 Å². The summed E-state index contributed by atoms with van der Waals surface area (Å²) in [6.07, 6.45) is 4.49. The lowest BCUT2D eigenvalue weighted by atomic mass is 9.68. The van der Waals surface area contributed by atoms with Crippen LogP contribution in [0, 0.1) is 29.6 Å². The molecule has 2 saturated carbocycles. The Hall–Kier alpha value is -1.06. The number of esters is 2. The summed E-state index contributed by atoms with van der Waals surface area (Å²) in [6, 6.07) is 0. The van der Waals surface area contributed by atoms with Crippen LogP contribution in [0.25, 0.3) is 0 Å². The topological polar surface area (TPSA) is 52.6 Å². The molecule has 0 radical (unpaired) electrons. The minimum Gasteiger partial charge on any atom is -0.462 e. The SMILES string of the molecule is CCC(C)C(=O)OC(CC)(CC)C1C2CC3OC(=O)C1C3C2. The molecular formula is C18H28O4. The molecule has 0 N–H and O–H groups in total. The van der Waals surface area contributed by atoms with E-state index in [1.165, 1.54) is 0 Å². The lowest BCUT2D eigenvalue weighted by Crippen LogP contribution is -2.49. The minimum absolute atomic E-state index is 0.0478. The summed E-state index contributed by atoms with van der Waals surface area (Å²) < 4.78 is 11.6. The van der Waals surface area contributed by atoms with Crippen molar-refractivity contribution in [3.8, 4) is 0 Å². The Kier molecular flexibility index (Phi) is 3.98. The Morgan fingerprint density at radius 1 is 1.32 bits per heavy atom. The maximum atomic E-state index is 12.4. The fourth-order valence-electron chi connectivity index (χ4n) is 5.14. The van der Waals surface area contributed by atoms with E-state index < -0.39 is 5.60 Å². The molecule has 3 rings (SSSR count). The van der Waals surface area contributed by atoms with Gasteiger partial charge in [0.25, 0.3) is 0 Å². The number of hydrogen-bond donors (Lipinski definition) is 0. The fourth-order valence-corrected chi connectivity index (χ4v) is 5.14. The van der Waals surface area contributed by atoms with Gasteiger partial charge in [-0.05, 0) is 38.0 Å². The van der Waals surface area contributed by atoms with E-state index in [4.69, 9.17) is 9.47 Å². The molecule has 1 aliphatic heterocycles. The molecule has 0 aromatic carbocycles. The molecule has 6 atom stereocenters. The van der Waals surface area contributed by atoms with Gasteiger partial charge in [-0.25, -0.2) is 0 Å². The maximum Gasteiger partial charge on any atom is 0.310 e. The average Bonchev–Trinajstić information content (AvgIpc) is 3.13. The first-order chi connectivity index (χ1) is 10.5. The molecule has 0 spiro atoms. The summed E-state index contributed by atoms with van der Waals surface area (Å²) in [5.41, 5.74) is -0.501. The van der Waals surface area contributed by atoms with Crippen LogP contribution >= 0.6 is 0 Å². The molecule has 0 aromatic heterocycles. The van der Waals surface area contributed by atoms with Crippen LogP contribution in [0.5, 0.6) is 0 Å². The predicted octanol–water partition coefficient (Wildman–Crippen LogP) is 3.33. The van der Waals surface area contributed by atoms with Gasteiger partial charge in [-0.2, -0.15) is 0 Å². The number of ether oxygens (including phenoxy) is 2.